The van der Waals surface area contributed by atoms with E-state index in [1.54, 1.807) is 24.4 Å². The molecule has 0 radical (unpaired) electrons. The van der Waals surface area contributed by atoms with Crippen LogP contribution in [0.2, 0.25) is 0 Å². The molecule has 1 aromatic heterocycles. The molecule has 0 aliphatic heterocycles. The van der Waals surface area contributed by atoms with Crippen LogP contribution < -0.4 is 0 Å². The molecule has 0 spiro atoms. The summed E-state index contributed by atoms with van der Waals surface area (Å²) in [5.74, 6) is 0.411. The average Bonchev–Trinajstić information content (AvgIpc) is 2.75. The molecule has 0 aliphatic carbocycles. The average molecular weight is 216 g/mol. The Morgan fingerprint density at radius 3 is 2.88 bits per heavy atom. The van der Waals surface area contributed by atoms with Crippen molar-refractivity contribution in [3.05, 3.63) is 41.7 Å². The Morgan fingerprint density at radius 2 is 2.25 bits per heavy atom. The molecule has 0 aliphatic rings. The predicted octanol–water partition coefficient (Wildman–Crippen LogP) is 2.17. The number of rotatable bonds is 2. The number of nitrogens with one attached hydrogen (secondary N) is 1. The minimum absolute atomic E-state index is 0.342. The predicted molar refractivity (Wildman–Crippen MR) is 60.1 cm³/mol. The summed E-state index contributed by atoms with van der Waals surface area (Å²) in [5, 5.41) is 0. The summed E-state index contributed by atoms with van der Waals surface area (Å²) in [4.78, 5) is 18.7. The summed E-state index contributed by atoms with van der Waals surface area (Å²) in [6, 6.07) is 7.17. The van der Waals surface area contributed by atoms with Gasteiger partial charge in [-0.3, -0.25) is 0 Å². The van der Waals surface area contributed by atoms with Crippen LogP contribution >= 0.6 is 0 Å². The van der Waals surface area contributed by atoms with E-state index in [2.05, 4.69) is 14.7 Å². The first-order chi connectivity index (χ1) is 7.70. The summed E-state index contributed by atoms with van der Waals surface area (Å²) >= 11 is 0. The van der Waals surface area contributed by atoms with Crippen LogP contribution in [-0.4, -0.2) is 23.0 Å². The number of aromatic amines is 1. The second-order valence-electron chi connectivity index (χ2n) is 3.49. The van der Waals surface area contributed by atoms with E-state index < -0.39 is 0 Å². The van der Waals surface area contributed by atoms with Gasteiger partial charge in [-0.1, -0.05) is 12.1 Å². The number of aryl methyl sites for hydroxylation is 1. The molecule has 4 nitrogen and oxygen atoms in total. The first kappa shape index (κ1) is 10.4. The Labute approximate surface area is 93.3 Å². The number of ether oxygens (including phenoxy) is 1. The van der Waals surface area contributed by atoms with Crippen LogP contribution in [0.25, 0.3) is 11.4 Å². The first-order valence-electron chi connectivity index (χ1n) is 4.91. The van der Waals surface area contributed by atoms with Gasteiger partial charge in [-0.05, 0) is 19.1 Å². The van der Waals surface area contributed by atoms with E-state index in [0.29, 0.717) is 5.56 Å². The van der Waals surface area contributed by atoms with E-state index in [0.717, 1.165) is 17.1 Å². The van der Waals surface area contributed by atoms with E-state index >= 15 is 0 Å². The van der Waals surface area contributed by atoms with Crippen LogP contribution in [-0.2, 0) is 4.74 Å². The van der Waals surface area contributed by atoms with Crippen LogP contribution in [0.3, 0.4) is 0 Å². The van der Waals surface area contributed by atoms with E-state index in [1.165, 1.54) is 7.11 Å². The zero-order valence-electron chi connectivity index (χ0n) is 9.15. The van der Waals surface area contributed by atoms with Crippen LogP contribution in [0.1, 0.15) is 16.1 Å². The number of imidazole rings is 1. The lowest BCUT2D eigenvalue weighted by atomic mass is 10.1. The third-order valence-electron chi connectivity index (χ3n) is 2.26. The number of benzene rings is 1. The second kappa shape index (κ2) is 4.18. The molecule has 0 amide bonds. The molecule has 1 aromatic carbocycles. The highest BCUT2D eigenvalue weighted by Gasteiger charge is 2.07. The molecular weight excluding hydrogens is 204 g/mol. The summed E-state index contributed by atoms with van der Waals surface area (Å²) < 4.78 is 4.66. The third kappa shape index (κ3) is 1.95. The molecular formula is C12H12N2O2. The monoisotopic (exact) mass is 216 g/mol. The topological polar surface area (TPSA) is 55.0 Å². The zero-order valence-corrected chi connectivity index (χ0v) is 9.15. The fourth-order valence-electron chi connectivity index (χ4n) is 1.47. The Hall–Kier alpha value is -2.10. The number of carbonyl (C=O) groups is 1. The van der Waals surface area contributed by atoms with Gasteiger partial charge >= 0.3 is 5.97 Å². The minimum Gasteiger partial charge on any atom is -0.465 e. The molecule has 2 rings (SSSR count). The van der Waals surface area contributed by atoms with Crippen molar-refractivity contribution in [3.63, 3.8) is 0 Å². The highest BCUT2D eigenvalue weighted by Crippen LogP contribution is 2.17. The molecule has 2 aromatic rings. The zero-order chi connectivity index (χ0) is 11.5. The Balaban J connectivity index is 2.39. The van der Waals surface area contributed by atoms with Gasteiger partial charge in [0, 0.05) is 17.5 Å². The second-order valence-corrected chi connectivity index (χ2v) is 3.49. The molecule has 0 bridgehead atoms. The number of carbonyl (C=O) groups excluding carboxylic acids is 1. The van der Waals surface area contributed by atoms with Crippen molar-refractivity contribution in [3.8, 4) is 11.4 Å². The van der Waals surface area contributed by atoms with E-state index in [-0.39, 0.29) is 5.97 Å². The lowest BCUT2D eigenvalue weighted by Gasteiger charge is -2.01. The van der Waals surface area contributed by atoms with E-state index in [1.807, 2.05) is 13.0 Å². The molecule has 0 saturated heterocycles. The van der Waals surface area contributed by atoms with Gasteiger partial charge in [0.2, 0.25) is 0 Å². The maximum atomic E-state index is 11.3. The molecule has 16 heavy (non-hydrogen) atoms. The van der Waals surface area contributed by atoms with Gasteiger partial charge in [0.15, 0.2) is 0 Å². The minimum atomic E-state index is -0.342. The maximum Gasteiger partial charge on any atom is 0.337 e. The number of hydrogen-bond acceptors (Lipinski definition) is 3. The van der Waals surface area contributed by atoms with Crippen molar-refractivity contribution >= 4 is 5.97 Å². The quantitative estimate of drug-likeness (QED) is 0.783. The van der Waals surface area contributed by atoms with Crippen LogP contribution in [0.15, 0.2) is 30.5 Å². The number of esters is 1. The highest BCUT2D eigenvalue weighted by molar-refractivity contribution is 5.90. The first-order valence-corrected chi connectivity index (χ1v) is 4.91. The molecule has 0 fully saturated rings. The van der Waals surface area contributed by atoms with Crippen molar-refractivity contribution < 1.29 is 9.53 Å². The molecule has 1 heterocycles. The summed E-state index contributed by atoms with van der Waals surface area (Å²) in [5.41, 5.74) is 2.38. The highest BCUT2D eigenvalue weighted by atomic mass is 16.5. The molecule has 0 atom stereocenters. The van der Waals surface area contributed by atoms with Crippen molar-refractivity contribution in [1.82, 2.24) is 9.97 Å². The third-order valence-corrected chi connectivity index (χ3v) is 2.26. The van der Waals surface area contributed by atoms with Gasteiger partial charge in [0.1, 0.15) is 5.82 Å². The summed E-state index contributed by atoms with van der Waals surface area (Å²) in [6.07, 6.45) is 1.75. The smallest absolute Gasteiger partial charge is 0.337 e. The van der Waals surface area contributed by atoms with E-state index in [9.17, 15) is 4.79 Å². The van der Waals surface area contributed by atoms with Crippen molar-refractivity contribution in [2.75, 3.05) is 7.11 Å². The fraction of sp³-hybridized carbons (Fsp3) is 0.167. The van der Waals surface area contributed by atoms with Gasteiger partial charge in [0.25, 0.3) is 0 Å². The Kier molecular flexibility index (Phi) is 2.72. The summed E-state index contributed by atoms with van der Waals surface area (Å²) in [7, 11) is 1.37. The van der Waals surface area contributed by atoms with Gasteiger partial charge < -0.3 is 9.72 Å². The van der Waals surface area contributed by atoms with Crippen molar-refractivity contribution in [1.29, 1.82) is 0 Å². The standard InChI is InChI=1S/C12H12N2O2/c1-8-7-13-11(14-8)9-4-3-5-10(6-9)12(15)16-2/h3-7H,1-2H3,(H,13,14). The van der Waals surface area contributed by atoms with Gasteiger partial charge in [0.05, 0.1) is 12.7 Å². The lowest BCUT2D eigenvalue weighted by Crippen LogP contribution is -2.00. The van der Waals surface area contributed by atoms with Gasteiger partial charge in [-0.2, -0.15) is 0 Å². The molecule has 0 unspecified atom stereocenters. The van der Waals surface area contributed by atoms with Crippen LogP contribution in [0.5, 0.6) is 0 Å². The normalized spacial score (nSPS) is 10.1. The number of H-pyrrole nitrogens is 1. The Morgan fingerprint density at radius 1 is 1.44 bits per heavy atom. The number of hydrogen-bond donors (Lipinski definition) is 1. The van der Waals surface area contributed by atoms with Gasteiger partial charge in [-0.15, -0.1) is 0 Å². The summed E-state index contributed by atoms with van der Waals surface area (Å²) in [6.45, 7) is 1.93. The van der Waals surface area contributed by atoms with E-state index in [4.69, 9.17) is 0 Å². The van der Waals surface area contributed by atoms with Crippen molar-refractivity contribution in [2.45, 2.75) is 6.92 Å². The van der Waals surface area contributed by atoms with Crippen molar-refractivity contribution in [2.24, 2.45) is 0 Å². The van der Waals surface area contributed by atoms with Crippen LogP contribution in [0.4, 0.5) is 0 Å². The maximum absolute atomic E-state index is 11.3. The number of methoxy groups -OCH3 is 1. The Bertz CT molecular complexity index is 517. The lowest BCUT2D eigenvalue weighted by molar-refractivity contribution is 0.0601. The number of nitrogens with zero attached hydrogens (tertiary/aromatic N) is 1. The largest absolute Gasteiger partial charge is 0.465 e. The SMILES string of the molecule is COC(=O)c1cccc(-c2ncc(C)[nH]2)c1. The molecule has 0 saturated carbocycles. The molecule has 82 valence electrons. The van der Waals surface area contributed by atoms with Gasteiger partial charge in [-0.25, -0.2) is 9.78 Å². The molecule has 1 N–H and O–H groups in total. The van der Waals surface area contributed by atoms with Crippen LogP contribution in [0, 0.1) is 6.92 Å². The molecule has 4 heteroatoms. The fourth-order valence-corrected chi connectivity index (χ4v) is 1.47. The number of aromatic nitrogens is 2.